The zero-order chi connectivity index (χ0) is 29.4. The summed E-state index contributed by atoms with van der Waals surface area (Å²) in [5.41, 5.74) is 2.88. The first-order valence-electron chi connectivity index (χ1n) is 13.7. The Morgan fingerprint density at radius 2 is 1.90 bits per heavy atom. The zero-order valence-electron chi connectivity index (χ0n) is 23.8. The maximum atomic E-state index is 13.1. The van der Waals surface area contributed by atoms with Gasteiger partial charge >= 0.3 is 12.2 Å². The second-order valence-electron chi connectivity index (χ2n) is 10.9. The maximum absolute atomic E-state index is 13.1. The van der Waals surface area contributed by atoms with Crippen LogP contribution in [0.5, 0.6) is 0 Å². The number of aromatic nitrogens is 1. The number of likely N-dealkylation sites (tertiary alicyclic amines) is 1. The quantitative estimate of drug-likeness (QED) is 0.308. The summed E-state index contributed by atoms with van der Waals surface area (Å²) in [4.78, 5) is 57.6. The van der Waals surface area contributed by atoms with E-state index in [0.717, 1.165) is 22.6 Å². The molecule has 40 heavy (non-hydrogen) atoms. The van der Waals surface area contributed by atoms with Crippen LogP contribution in [0, 0.1) is 12.3 Å². The normalized spacial score (nSPS) is 19.5. The van der Waals surface area contributed by atoms with Gasteiger partial charge in [0.2, 0.25) is 5.78 Å². The van der Waals surface area contributed by atoms with Crippen molar-refractivity contribution >= 4 is 35.2 Å². The van der Waals surface area contributed by atoms with Crippen molar-refractivity contribution in [3.8, 4) is 0 Å². The second-order valence-corrected chi connectivity index (χ2v) is 11.8. The van der Waals surface area contributed by atoms with Gasteiger partial charge in [0.15, 0.2) is 0 Å². The summed E-state index contributed by atoms with van der Waals surface area (Å²) >= 11 is 1.54. The number of benzene rings is 1. The number of nitrogens with zero attached hydrogens (tertiary/aromatic N) is 2. The van der Waals surface area contributed by atoms with Crippen molar-refractivity contribution in [1.82, 2.24) is 20.5 Å². The number of ketones is 1. The summed E-state index contributed by atoms with van der Waals surface area (Å²) in [6, 6.07) is 7.45. The van der Waals surface area contributed by atoms with Crippen LogP contribution < -0.4 is 10.6 Å². The van der Waals surface area contributed by atoms with Crippen LogP contribution in [0.4, 0.5) is 9.59 Å². The average molecular weight is 573 g/mol. The summed E-state index contributed by atoms with van der Waals surface area (Å²) in [5, 5.41) is 15.2. The number of unbranched alkanes of at least 4 members (excludes halogenated alkanes) is 1. The molecule has 0 saturated carbocycles. The molecule has 2 unspecified atom stereocenters. The Bertz CT molecular complexity index is 1180. The van der Waals surface area contributed by atoms with Gasteiger partial charge in [-0.15, -0.1) is 11.3 Å². The molecule has 0 bridgehead atoms. The molecule has 0 aliphatic carbocycles. The van der Waals surface area contributed by atoms with Crippen molar-refractivity contribution in [3.63, 3.8) is 0 Å². The Balaban J connectivity index is 1.66. The van der Waals surface area contributed by atoms with Crippen LogP contribution in [0.3, 0.4) is 0 Å². The molecule has 1 saturated heterocycles. The summed E-state index contributed by atoms with van der Waals surface area (Å²) in [7, 11) is 0. The van der Waals surface area contributed by atoms with E-state index in [0.29, 0.717) is 19.3 Å². The molecule has 2 heterocycles. The fourth-order valence-electron chi connectivity index (χ4n) is 5.15. The van der Waals surface area contributed by atoms with E-state index in [1.54, 1.807) is 12.4 Å². The van der Waals surface area contributed by atoms with E-state index in [1.807, 2.05) is 58.0 Å². The molecule has 218 valence electrons. The number of Topliss-reactive ketones (excluding diaryl/α,β-unsaturated/α-hetero) is 1. The number of hydrogen-bond acceptors (Lipinski definition) is 7. The Hall–Kier alpha value is -3.47. The fourth-order valence-corrected chi connectivity index (χ4v) is 5.95. The van der Waals surface area contributed by atoms with Gasteiger partial charge in [-0.3, -0.25) is 9.59 Å². The maximum Gasteiger partial charge on any atom is 0.408 e. The first kappa shape index (κ1) is 31.1. The minimum absolute atomic E-state index is 0.0186. The third-order valence-corrected chi connectivity index (χ3v) is 8.73. The van der Waals surface area contributed by atoms with Crippen LogP contribution >= 0.6 is 11.3 Å². The number of nitrogens with one attached hydrogen (secondary N) is 2. The van der Waals surface area contributed by atoms with Gasteiger partial charge in [0, 0.05) is 16.3 Å². The molecule has 1 aromatic heterocycles. The van der Waals surface area contributed by atoms with Gasteiger partial charge < -0.3 is 25.4 Å². The van der Waals surface area contributed by atoms with E-state index in [-0.39, 0.29) is 25.0 Å². The van der Waals surface area contributed by atoms with E-state index in [9.17, 15) is 24.3 Å². The molecule has 1 aromatic carbocycles. The Morgan fingerprint density at radius 3 is 2.50 bits per heavy atom. The van der Waals surface area contributed by atoms with Gasteiger partial charge in [-0.05, 0) is 38.7 Å². The molecule has 1 fully saturated rings. The van der Waals surface area contributed by atoms with Crippen molar-refractivity contribution in [3.05, 3.63) is 52.0 Å². The Labute approximate surface area is 239 Å². The van der Waals surface area contributed by atoms with E-state index in [1.165, 1.54) is 16.2 Å². The van der Waals surface area contributed by atoms with Gasteiger partial charge in [0.25, 0.3) is 5.91 Å². The third kappa shape index (κ3) is 7.59. The predicted octanol–water partition coefficient (Wildman–Crippen LogP) is 4.87. The highest BCUT2D eigenvalue weighted by Gasteiger charge is 2.51. The van der Waals surface area contributed by atoms with Crippen molar-refractivity contribution in [2.75, 3.05) is 6.54 Å². The second kappa shape index (κ2) is 13.7. The summed E-state index contributed by atoms with van der Waals surface area (Å²) < 4.78 is 5.74. The van der Waals surface area contributed by atoms with E-state index >= 15 is 0 Å². The van der Waals surface area contributed by atoms with E-state index in [4.69, 9.17) is 4.74 Å². The lowest BCUT2D eigenvalue weighted by molar-refractivity contribution is -0.139. The number of carbonyl (C=O) groups is 4. The van der Waals surface area contributed by atoms with Crippen LogP contribution in [-0.2, 0) is 20.7 Å². The lowest BCUT2D eigenvalue weighted by Crippen LogP contribution is -2.49. The number of aryl methyl sites for hydroxylation is 2. The first-order chi connectivity index (χ1) is 18.9. The van der Waals surface area contributed by atoms with Crippen molar-refractivity contribution in [2.45, 2.75) is 91.0 Å². The van der Waals surface area contributed by atoms with Crippen LogP contribution in [0.2, 0.25) is 0 Å². The topological polar surface area (TPSA) is 138 Å². The van der Waals surface area contributed by atoms with Gasteiger partial charge in [0.05, 0.1) is 23.8 Å². The first-order valence-corrected chi connectivity index (χ1v) is 14.6. The molecule has 0 spiro atoms. The number of carbonyl (C=O) groups excluding carboxylic acids is 3. The molecule has 1 aliphatic rings. The zero-order valence-corrected chi connectivity index (χ0v) is 24.6. The summed E-state index contributed by atoms with van der Waals surface area (Å²) in [6.45, 7) is 9.45. The Kier molecular flexibility index (Phi) is 10.7. The van der Waals surface area contributed by atoms with E-state index < -0.39 is 41.4 Å². The molecule has 1 aliphatic heterocycles. The minimum atomic E-state index is -1.08. The molecule has 4 atom stereocenters. The molecule has 10 nitrogen and oxygen atoms in total. The fraction of sp³-hybridized carbons (Fsp3) is 0.552. The molecule has 3 N–H and O–H groups in total. The highest BCUT2D eigenvalue weighted by atomic mass is 32.1. The number of rotatable bonds is 12. The molecular formula is C29H40N4O6S. The SMILES string of the molecule is CCCC[C@H](NC(=O)O[C@@H]1CN(C(=O)O)C(CCc2scnc2C)C1(C)C)C(=O)C(=O)NC(C)c1ccccc1. The van der Waals surface area contributed by atoms with Gasteiger partial charge in [-0.25, -0.2) is 14.6 Å². The number of hydrogen-bond donors (Lipinski definition) is 3. The predicted molar refractivity (Wildman–Crippen MR) is 152 cm³/mol. The van der Waals surface area contributed by atoms with Crippen LogP contribution in [-0.4, -0.2) is 63.6 Å². The van der Waals surface area contributed by atoms with Crippen molar-refractivity contribution in [1.29, 1.82) is 0 Å². The average Bonchev–Trinajstić information content (AvgIpc) is 3.44. The lowest BCUT2D eigenvalue weighted by atomic mass is 9.80. The summed E-state index contributed by atoms with van der Waals surface area (Å²) in [5.74, 6) is -1.53. The summed E-state index contributed by atoms with van der Waals surface area (Å²) in [6.07, 6.45) is 0.241. The van der Waals surface area contributed by atoms with Gasteiger partial charge in [0.1, 0.15) is 12.1 Å². The molecule has 3 rings (SSSR count). The largest absolute Gasteiger partial charge is 0.465 e. The standard InChI is InChI=1S/C29H40N4O6S/c1-6-7-13-21(25(34)26(35)31-18(2)20-11-9-8-10-12-20)32-27(36)39-24-16-33(28(37)38)23(29(24,4)5)15-14-22-19(3)30-17-40-22/h8-12,17-18,21,23-24H,6-7,13-16H2,1-5H3,(H,31,35)(H,32,36)(H,37,38)/t18?,21-,23?,24+/m0/s1. The highest BCUT2D eigenvalue weighted by molar-refractivity contribution is 7.09. The number of thiazole rings is 1. The smallest absolute Gasteiger partial charge is 0.408 e. The molecule has 0 radical (unpaired) electrons. The van der Waals surface area contributed by atoms with E-state index in [2.05, 4.69) is 15.6 Å². The van der Waals surface area contributed by atoms with Gasteiger partial charge in [-0.1, -0.05) is 63.9 Å². The van der Waals surface area contributed by atoms with Crippen molar-refractivity contribution < 1.29 is 29.0 Å². The molecule has 2 aromatic rings. The van der Waals surface area contributed by atoms with Gasteiger partial charge in [-0.2, -0.15) is 0 Å². The van der Waals surface area contributed by atoms with Crippen LogP contribution in [0.1, 0.15) is 75.6 Å². The van der Waals surface area contributed by atoms with Crippen LogP contribution in [0.25, 0.3) is 0 Å². The molecular weight excluding hydrogens is 532 g/mol. The number of amides is 3. The number of ether oxygens (including phenoxy) is 1. The lowest BCUT2D eigenvalue weighted by Gasteiger charge is -2.33. The van der Waals surface area contributed by atoms with Crippen molar-refractivity contribution in [2.24, 2.45) is 5.41 Å². The third-order valence-electron chi connectivity index (χ3n) is 7.74. The highest BCUT2D eigenvalue weighted by Crippen LogP contribution is 2.41. The molecule has 11 heteroatoms. The monoisotopic (exact) mass is 572 g/mol. The van der Waals surface area contributed by atoms with Crippen LogP contribution in [0.15, 0.2) is 35.8 Å². The number of carboxylic acid groups (broad SMARTS) is 1. The number of alkyl carbamates (subject to hydrolysis) is 1. The Morgan fingerprint density at radius 1 is 1.20 bits per heavy atom. The minimum Gasteiger partial charge on any atom is -0.465 e. The molecule has 3 amide bonds.